The van der Waals surface area contributed by atoms with Gasteiger partial charge >= 0.3 is 5.97 Å². The standard InChI is InChI=1S/C13H21N3O3.ClH/c1-4-19-13(17)12-10-7-14-6-5-11(10)16(15-12)9(2)8-18-3;/h9,14H,4-8H2,1-3H3;1H/t9-;/m1./s1. The van der Waals surface area contributed by atoms with Gasteiger partial charge in [-0.1, -0.05) is 0 Å². The maximum Gasteiger partial charge on any atom is 0.359 e. The van der Waals surface area contributed by atoms with Gasteiger partial charge in [0.25, 0.3) is 0 Å². The third kappa shape index (κ3) is 3.31. The highest BCUT2D eigenvalue weighted by Crippen LogP contribution is 2.22. The summed E-state index contributed by atoms with van der Waals surface area (Å²) in [5.41, 5.74) is 2.52. The second-order valence-electron chi connectivity index (χ2n) is 4.67. The Kier molecular flexibility index (Phi) is 6.45. The van der Waals surface area contributed by atoms with Crippen molar-refractivity contribution in [1.82, 2.24) is 15.1 Å². The van der Waals surface area contributed by atoms with Gasteiger partial charge in [0.15, 0.2) is 5.69 Å². The number of esters is 1. The van der Waals surface area contributed by atoms with Gasteiger partial charge in [-0.15, -0.1) is 12.4 Å². The minimum atomic E-state index is -0.342. The summed E-state index contributed by atoms with van der Waals surface area (Å²) in [5, 5.41) is 7.72. The second kappa shape index (κ2) is 7.61. The molecule has 1 aliphatic rings. The van der Waals surface area contributed by atoms with Crippen molar-refractivity contribution in [1.29, 1.82) is 0 Å². The van der Waals surface area contributed by atoms with Gasteiger partial charge in [-0.05, 0) is 13.8 Å². The second-order valence-corrected chi connectivity index (χ2v) is 4.67. The Hall–Kier alpha value is -1.11. The zero-order valence-corrected chi connectivity index (χ0v) is 13.0. The van der Waals surface area contributed by atoms with Crippen LogP contribution in [0.1, 0.15) is 41.6 Å². The van der Waals surface area contributed by atoms with E-state index < -0.39 is 0 Å². The first-order valence-electron chi connectivity index (χ1n) is 6.66. The number of aromatic nitrogens is 2. The summed E-state index contributed by atoms with van der Waals surface area (Å²) in [6.45, 7) is 6.34. The minimum Gasteiger partial charge on any atom is -0.461 e. The number of carbonyl (C=O) groups excluding carboxylic acids is 1. The average Bonchev–Trinajstić information content (AvgIpc) is 2.79. The highest BCUT2D eigenvalue weighted by Gasteiger charge is 2.27. The van der Waals surface area contributed by atoms with Crippen LogP contribution >= 0.6 is 12.4 Å². The average molecular weight is 304 g/mol. The fourth-order valence-electron chi connectivity index (χ4n) is 2.41. The molecule has 0 bridgehead atoms. The van der Waals surface area contributed by atoms with Crippen molar-refractivity contribution in [3.8, 4) is 0 Å². The first-order chi connectivity index (χ1) is 9.19. The van der Waals surface area contributed by atoms with Crippen LogP contribution in [0.15, 0.2) is 0 Å². The molecule has 0 saturated carbocycles. The van der Waals surface area contributed by atoms with E-state index in [0.717, 1.165) is 24.2 Å². The van der Waals surface area contributed by atoms with Crippen molar-refractivity contribution < 1.29 is 14.3 Å². The number of hydrogen-bond acceptors (Lipinski definition) is 5. The van der Waals surface area contributed by atoms with Crippen molar-refractivity contribution in [3.63, 3.8) is 0 Å². The van der Waals surface area contributed by atoms with Crippen LogP contribution in [0.4, 0.5) is 0 Å². The molecule has 0 radical (unpaired) electrons. The molecule has 0 amide bonds. The molecule has 0 saturated heterocycles. The fourth-order valence-corrected chi connectivity index (χ4v) is 2.41. The van der Waals surface area contributed by atoms with E-state index in [1.807, 2.05) is 11.6 Å². The van der Waals surface area contributed by atoms with Crippen LogP contribution in [0.3, 0.4) is 0 Å². The number of ether oxygens (including phenoxy) is 2. The van der Waals surface area contributed by atoms with Crippen molar-refractivity contribution in [2.24, 2.45) is 0 Å². The lowest BCUT2D eigenvalue weighted by Crippen LogP contribution is -2.26. The van der Waals surface area contributed by atoms with E-state index in [4.69, 9.17) is 9.47 Å². The van der Waals surface area contributed by atoms with Crippen molar-refractivity contribution in [2.45, 2.75) is 32.9 Å². The van der Waals surface area contributed by atoms with Gasteiger partial charge in [0.2, 0.25) is 0 Å². The quantitative estimate of drug-likeness (QED) is 0.832. The molecule has 0 spiro atoms. The van der Waals surface area contributed by atoms with Gasteiger partial charge in [0.1, 0.15) is 0 Å². The van der Waals surface area contributed by atoms with E-state index >= 15 is 0 Å². The Labute approximate surface area is 125 Å². The monoisotopic (exact) mass is 303 g/mol. The lowest BCUT2D eigenvalue weighted by molar-refractivity contribution is 0.0516. The van der Waals surface area contributed by atoms with Gasteiger partial charge in [0, 0.05) is 37.9 Å². The summed E-state index contributed by atoms with van der Waals surface area (Å²) >= 11 is 0. The van der Waals surface area contributed by atoms with E-state index in [2.05, 4.69) is 10.4 Å². The molecule has 1 aliphatic heterocycles. The molecule has 0 unspecified atom stereocenters. The summed E-state index contributed by atoms with van der Waals surface area (Å²) < 4.78 is 12.2. The molecule has 0 aliphatic carbocycles. The predicted molar refractivity (Wildman–Crippen MR) is 77.4 cm³/mol. The molecule has 6 nitrogen and oxygen atoms in total. The topological polar surface area (TPSA) is 65.4 Å². The largest absolute Gasteiger partial charge is 0.461 e. The summed E-state index contributed by atoms with van der Waals surface area (Å²) in [7, 11) is 1.67. The van der Waals surface area contributed by atoms with Gasteiger partial charge < -0.3 is 14.8 Å². The van der Waals surface area contributed by atoms with Gasteiger partial charge in [-0.2, -0.15) is 5.10 Å². The summed E-state index contributed by atoms with van der Waals surface area (Å²) in [5.74, 6) is -0.342. The number of methoxy groups -OCH3 is 1. The molecule has 0 fully saturated rings. The number of carbonyl (C=O) groups is 1. The molecule has 7 heteroatoms. The van der Waals surface area contributed by atoms with Gasteiger partial charge in [-0.25, -0.2) is 4.79 Å². The third-order valence-corrected chi connectivity index (χ3v) is 3.25. The van der Waals surface area contributed by atoms with Crippen molar-refractivity contribution >= 4 is 18.4 Å². The number of nitrogens with zero attached hydrogens (tertiary/aromatic N) is 2. The molecule has 0 aromatic carbocycles. The van der Waals surface area contributed by atoms with Crippen molar-refractivity contribution in [2.75, 3.05) is 26.9 Å². The molecular weight excluding hydrogens is 282 g/mol. The van der Waals surface area contributed by atoms with Crippen molar-refractivity contribution in [3.05, 3.63) is 17.0 Å². The molecule has 1 aromatic heterocycles. The Bertz CT molecular complexity index is 462. The Morgan fingerprint density at radius 2 is 2.30 bits per heavy atom. The lowest BCUT2D eigenvalue weighted by atomic mass is 10.1. The number of halogens is 1. The van der Waals surface area contributed by atoms with Crippen LogP contribution in [0.25, 0.3) is 0 Å². The Morgan fingerprint density at radius 3 is 2.95 bits per heavy atom. The minimum absolute atomic E-state index is 0. The predicted octanol–water partition coefficient (Wildman–Crippen LogP) is 1.33. The fraction of sp³-hybridized carbons (Fsp3) is 0.692. The number of hydrogen-bond donors (Lipinski definition) is 1. The first kappa shape index (κ1) is 16.9. The van der Waals surface area contributed by atoms with Crippen LogP contribution in [-0.4, -0.2) is 42.6 Å². The van der Waals surface area contributed by atoms with Crippen LogP contribution in [0.5, 0.6) is 0 Å². The number of nitrogens with one attached hydrogen (secondary N) is 1. The SMILES string of the molecule is CCOC(=O)c1nn([C@H](C)COC)c2c1CNCC2.Cl. The molecule has 2 heterocycles. The molecule has 114 valence electrons. The number of rotatable bonds is 5. The van der Waals surface area contributed by atoms with Crippen LogP contribution in [-0.2, 0) is 22.4 Å². The molecule has 1 N–H and O–H groups in total. The molecule has 20 heavy (non-hydrogen) atoms. The van der Waals surface area contributed by atoms with Crippen LogP contribution < -0.4 is 5.32 Å². The van der Waals surface area contributed by atoms with E-state index in [9.17, 15) is 4.79 Å². The molecule has 1 atom stereocenters. The Morgan fingerprint density at radius 1 is 1.55 bits per heavy atom. The highest BCUT2D eigenvalue weighted by atomic mass is 35.5. The highest BCUT2D eigenvalue weighted by molar-refractivity contribution is 5.89. The maximum absolute atomic E-state index is 12.0. The molecular formula is C13H22ClN3O3. The zero-order chi connectivity index (χ0) is 13.8. The normalized spacial score (nSPS) is 15.2. The van der Waals surface area contributed by atoms with Gasteiger partial charge in [0.05, 0.1) is 19.3 Å². The summed E-state index contributed by atoms with van der Waals surface area (Å²) in [4.78, 5) is 12.0. The summed E-state index contributed by atoms with van der Waals surface area (Å²) in [6.07, 6.45) is 0.871. The molecule has 1 aromatic rings. The first-order valence-corrected chi connectivity index (χ1v) is 6.66. The van der Waals surface area contributed by atoms with E-state index in [1.165, 1.54) is 0 Å². The Balaban J connectivity index is 0.00000200. The maximum atomic E-state index is 12.0. The van der Waals surface area contributed by atoms with E-state index in [1.54, 1.807) is 14.0 Å². The van der Waals surface area contributed by atoms with Crippen LogP contribution in [0, 0.1) is 0 Å². The smallest absolute Gasteiger partial charge is 0.359 e. The summed E-state index contributed by atoms with van der Waals surface area (Å²) in [6, 6.07) is 0.111. The van der Waals surface area contributed by atoms with Crippen LogP contribution in [0.2, 0.25) is 0 Å². The van der Waals surface area contributed by atoms with Gasteiger partial charge in [-0.3, -0.25) is 4.68 Å². The third-order valence-electron chi connectivity index (χ3n) is 3.25. The zero-order valence-electron chi connectivity index (χ0n) is 12.1. The number of fused-ring (bicyclic) bond motifs is 1. The van der Waals surface area contributed by atoms with E-state index in [-0.39, 0.29) is 24.4 Å². The van der Waals surface area contributed by atoms with E-state index in [0.29, 0.717) is 25.5 Å². The lowest BCUT2D eigenvalue weighted by Gasteiger charge is -2.18. The molecule has 2 rings (SSSR count).